The van der Waals surface area contributed by atoms with Crippen LogP contribution in [0, 0.1) is 34.9 Å². The first-order valence-electron chi connectivity index (χ1n) is 5.73. The van der Waals surface area contributed by atoms with Crippen LogP contribution in [-0.4, -0.2) is 12.1 Å². The third-order valence-corrected chi connectivity index (χ3v) is 2.88. The Labute approximate surface area is 117 Å². The van der Waals surface area contributed by atoms with Crippen molar-refractivity contribution in [1.29, 1.82) is 5.26 Å². The number of ether oxygens (including phenoxy) is 1. The number of halogens is 4. The third-order valence-electron chi connectivity index (χ3n) is 2.88. The lowest BCUT2D eigenvalue weighted by atomic mass is 9.92. The highest BCUT2D eigenvalue weighted by atomic mass is 19.2. The van der Waals surface area contributed by atoms with Crippen molar-refractivity contribution in [3.05, 3.63) is 58.9 Å². The summed E-state index contributed by atoms with van der Waals surface area (Å²) < 4.78 is 58.7. The average Bonchev–Trinajstić information content (AvgIpc) is 2.49. The standard InChI is InChI=1S/C14H8F4N2O/c1-21-8-4-2-3-7(5-8)9(6-19)10-11(15)13(17)20-14(18)12(10)16/h2-5,9H,1H3. The summed E-state index contributed by atoms with van der Waals surface area (Å²) in [6.07, 6.45) is 0. The van der Waals surface area contributed by atoms with Gasteiger partial charge in [-0.1, -0.05) is 12.1 Å². The summed E-state index contributed by atoms with van der Waals surface area (Å²) in [5.74, 6) is -8.18. The molecule has 1 heterocycles. The summed E-state index contributed by atoms with van der Waals surface area (Å²) >= 11 is 0. The molecule has 1 aromatic carbocycles. The van der Waals surface area contributed by atoms with Crippen molar-refractivity contribution < 1.29 is 22.3 Å². The van der Waals surface area contributed by atoms with E-state index in [4.69, 9.17) is 10.00 Å². The maximum Gasteiger partial charge on any atom is 0.252 e. The van der Waals surface area contributed by atoms with Gasteiger partial charge in [-0.3, -0.25) is 0 Å². The normalized spacial score (nSPS) is 11.8. The Morgan fingerprint density at radius 1 is 1.14 bits per heavy atom. The largest absolute Gasteiger partial charge is 0.497 e. The molecule has 108 valence electrons. The molecule has 1 aromatic heterocycles. The van der Waals surface area contributed by atoms with Gasteiger partial charge in [-0.05, 0) is 17.7 Å². The molecule has 0 amide bonds. The minimum absolute atomic E-state index is 0.139. The van der Waals surface area contributed by atoms with Crippen LogP contribution in [0.2, 0.25) is 0 Å². The van der Waals surface area contributed by atoms with E-state index in [0.717, 1.165) is 0 Å². The molecule has 3 nitrogen and oxygen atoms in total. The molecule has 0 fully saturated rings. The van der Waals surface area contributed by atoms with Crippen molar-refractivity contribution >= 4 is 0 Å². The van der Waals surface area contributed by atoms with Gasteiger partial charge in [-0.15, -0.1) is 0 Å². The fraction of sp³-hybridized carbons (Fsp3) is 0.143. The van der Waals surface area contributed by atoms with Crippen LogP contribution in [0.5, 0.6) is 5.75 Å². The number of nitriles is 1. The van der Waals surface area contributed by atoms with Crippen molar-refractivity contribution in [2.45, 2.75) is 5.92 Å². The Kier molecular flexibility index (Phi) is 4.08. The number of rotatable bonds is 3. The van der Waals surface area contributed by atoms with E-state index in [2.05, 4.69) is 4.98 Å². The summed E-state index contributed by atoms with van der Waals surface area (Å²) in [5.41, 5.74) is -0.879. The fourth-order valence-corrected chi connectivity index (χ4v) is 1.88. The Balaban J connectivity index is 2.65. The van der Waals surface area contributed by atoms with Crippen LogP contribution in [0.4, 0.5) is 17.6 Å². The summed E-state index contributed by atoms with van der Waals surface area (Å²) in [4.78, 5) is 2.46. The van der Waals surface area contributed by atoms with E-state index in [-0.39, 0.29) is 5.56 Å². The first kappa shape index (κ1) is 14.8. The zero-order chi connectivity index (χ0) is 15.6. The number of pyridine rings is 1. The molecule has 1 atom stereocenters. The molecule has 0 radical (unpaired) electrons. The predicted octanol–water partition coefficient (Wildman–Crippen LogP) is 3.30. The van der Waals surface area contributed by atoms with E-state index in [1.54, 1.807) is 12.1 Å². The summed E-state index contributed by atoms with van der Waals surface area (Å²) in [7, 11) is 1.37. The minimum atomic E-state index is -1.80. The second-order valence-corrected chi connectivity index (χ2v) is 4.07. The van der Waals surface area contributed by atoms with Gasteiger partial charge >= 0.3 is 0 Å². The zero-order valence-corrected chi connectivity index (χ0v) is 10.7. The molecule has 0 N–H and O–H groups in total. The monoisotopic (exact) mass is 296 g/mol. The van der Waals surface area contributed by atoms with Gasteiger partial charge in [0.2, 0.25) is 0 Å². The summed E-state index contributed by atoms with van der Waals surface area (Å²) in [6, 6.07) is 7.41. The number of hydrogen-bond donors (Lipinski definition) is 0. The van der Waals surface area contributed by atoms with Crippen molar-refractivity contribution in [3.63, 3.8) is 0 Å². The van der Waals surface area contributed by atoms with Gasteiger partial charge in [0, 0.05) is 0 Å². The highest BCUT2D eigenvalue weighted by Gasteiger charge is 2.28. The smallest absolute Gasteiger partial charge is 0.252 e. The molecule has 2 rings (SSSR count). The van der Waals surface area contributed by atoms with Crippen LogP contribution in [0.3, 0.4) is 0 Å². The van der Waals surface area contributed by atoms with Crippen LogP contribution < -0.4 is 4.74 Å². The number of hydrogen-bond acceptors (Lipinski definition) is 3. The topological polar surface area (TPSA) is 45.9 Å². The first-order chi connectivity index (χ1) is 9.99. The summed E-state index contributed by atoms with van der Waals surface area (Å²) in [5, 5.41) is 9.14. The number of aromatic nitrogens is 1. The SMILES string of the molecule is COc1cccc(C(C#N)c2c(F)c(F)nc(F)c2F)c1. The van der Waals surface area contributed by atoms with E-state index in [1.807, 2.05) is 0 Å². The lowest BCUT2D eigenvalue weighted by Crippen LogP contribution is -2.11. The Hall–Kier alpha value is -2.62. The van der Waals surface area contributed by atoms with Gasteiger partial charge in [-0.25, -0.2) is 8.78 Å². The number of nitrogens with zero attached hydrogens (tertiary/aromatic N) is 2. The fourth-order valence-electron chi connectivity index (χ4n) is 1.88. The molecule has 0 aliphatic heterocycles. The average molecular weight is 296 g/mol. The molecule has 0 aliphatic carbocycles. The molecule has 0 bridgehead atoms. The molecule has 1 unspecified atom stereocenters. The van der Waals surface area contributed by atoms with E-state index in [9.17, 15) is 17.6 Å². The van der Waals surface area contributed by atoms with Crippen molar-refractivity contribution in [3.8, 4) is 11.8 Å². The van der Waals surface area contributed by atoms with Crippen LogP contribution in [0.15, 0.2) is 24.3 Å². The van der Waals surface area contributed by atoms with Gasteiger partial charge in [0.25, 0.3) is 11.9 Å². The summed E-state index contributed by atoms with van der Waals surface area (Å²) in [6.45, 7) is 0. The Morgan fingerprint density at radius 3 is 2.29 bits per heavy atom. The Bertz CT molecular complexity index is 701. The van der Waals surface area contributed by atoms with Crippen molar-refractivity contribution in [2.75, 3.05) is 7.11 Å². The van der Waals surface area contributed by atoms with Gasteiger partial charge in [-0.2, -0.15) is 19.0 Å². The highest BCUT2D eigenvalue weighted by molar-refractivity contribution is 5.42. The maximum absolute atomic E-state index is 13.7. The second kappa shape index (κ2) is 5.79. The van der Waals surface area contributed by atoms with E-state index >= 15 is 0 Å². The zero-order valence-electron chi connectivity index (χ0n) is 10.7. The van der Waals surface area contributed by atoms with Gasteiger partial charge in [0.15, 0.2) is 11.6 Å². The first-order valence-corrected chi connectivity index (χ1v) is 5.73. The van der Waals surface area contributed by atoms with Crippen molar-refractivity contribution in [1.82, 2.24) is 4.98 Å². The van der Waals surface area contributed by atoms with E-state index < -0.39 is 35.0 Å². The molecular weight excluding hydrogens is 288 g/mol. The molecule has 0 saturated heterocycles. The minimum Gasteiger partial charge on any atom is -0.497 e. The van der Waals surface area contributed by atoms with E-state index in [1.165, 1.54) is 25.3 Å². The van der Waals surface area contributed by atoms with E-state index in [0.29, 0.717) is 5.75 Å². The highest BCUT2D eigenvalue weighted by Crippen LogP contribution is 2.31. The molecule has 0 spiro atoms. The van der Waals surface area contributed by atoms with Crippen LogP contribution in [0.25, 0.3) is 0 Å². The maximum atomic E-state index is 13.7. The van der Waals surface area contributed by atoms with Crippen LogP contribution >= 0.6 is 0 Å². The third kappa shape index (κ3) is 2.65. The lowest BCUT2D eigenvalue weighted by molar-refractivity contribution is 0.394. The molecular formula is C14H8F4N2O. The molecule has 0 aliphatic rings. The quantitative estimate of drug-likeness (QED) is 0.645. The lowest BCUT2D eigenvalue weighted by Gasteiger charge is -2.13. The number of methoxy groups -OCH3 is 1. The van der Waals surface area contributed by atoms with Crippen LogP contribution in [-0.2, 0) is 0 Å². The molecule has 7 heteroatoms. The predicted molar refractivity (Wildman–Crippen MR) is 64.5 cm³/mol. The van der Waals surface area contributed by atoms with Crippen LogP contribution in [0.1, 0.15) is 17.0 Å². The van der Waals surface area contributed by atoms with Gasteiger partial charge in [0.05, 0.1) is 18.7 Å². The molecule has 2 aromatic rings. The Morgan fingerprint density at radius 2 is 1.76 bits per heavy atom. The van der Waals surface area contributed by atoms with Crippen molar-refractivity contribution in [2.24, 2.45) is 0 Å². The second-order valence-electron chi connectivity index (χ2n) is 4.07. The van der Waals surface area contributed by atoms with Gasteiger partial charge < -0.3 is 4.74 Å². The molecule has 0 saturated carbocycles. The molecule has 21 heavy (non-hydrogen) atoms. The van der Waals surface area contributed by atoms with Gasteiger partial charge in [0.1, 0.15) is 11.7 Å². The number of benzene rings is 1.